The summed E-state index contributed by atoms with van der Waals surface area (Å²) in [4.78, 5) is 0. The summed E-state index contributed by atoms with van der Waals surface area (Å²) in [6.45, 7) is 3.88. The quantitative estimate of drug-likeness (QED) is 0.782. The second kappa shape index (κ2) is 4.88. The molecule has 1 aliphatic carbocycles. The Morgan fingerprint density at radius 1 is 1.44 bits per heavy atom. The Kier molecular flexibility index (Phi) is 3.49. The zero-order chi connectivity index (χ0) is 11.4. The zero-order valence-electron chi connectivity index (χ0n) is 9.82. The molecule has 1 aliphatic rings. The minimum atomic E-state index is 0.0146. The summed E-state index contributed by atoms with van der Waals surface area (Å²) in [6.07, 6.45) is 11.0. The summed E-state index contributed by atoms with van der Waals surface area (Å²) >= 11 is 0. The second-order valence-electron chi connectivity index (χ2n) is 4.91. The van der Waals surface area contributed by atoms with Gasteiger partial charge in [-0.15, -0.1) is 6.58 Å². The molecule has 88 valence electrons. The topological polar surface area (TPSA) is 39.2 Å². The molecule has 0 saturated heterocycles. The third-order valence-corrected chi connectivity index (χ3v) is 3.91. The van der Waals surface area contributed by atoms with Gasteiger partial charge < -0.3 is 10.2 Å². The van der Waals surface area contributed by atoms with Crippen molar-refractivity contribution in [3.05, 3.63) is 36.8 Å². The van der Waals surface area contributed by atoms with Crippen molar-refractivity contribution in [3.63, 3.8) is 0 Å². The minimum absolute atomic E-state index is 0.0146. The molecule has 0 spiro atoms. The van der Waals surface area contributed by atoms with Crippen LogP contribution >= 0.6 is 0 Å². The predicted octanol–water partition coefficient (Wildman–Crippen LogP) is 3.81. The van der Waals surface area contributed by atoms with Gasteiger partial charge in [-0.1, -0.05) is 25.3 Å². The summed E-state index contributed by atoms with van der Waals surface area (Å²) in [6, 6.07) is 3.92. The van der Waals surface area contributed by atoms with E-state index in [1.54, 1.807) is 6.26 Å². The Balaban J connectivity index is 2.20. The average molecular weight is 219 g/mol. The smallest absolute Gasteiger partial charge is 0.121 e. The fourth-order valence-electron chi connectivity index (χ4n) is 2.96. The predicted molar refractivity (Wildman–Crippen MR) is 66.0 cm³/mol. The van der Waals surface area contributed by atoms with E-state index in [0.717, 1.165) is 12.2 Å². The molecule has 2 N–H and O–H groups in total. The highest BCUT2D eigenvalue weighted by Gasteiger charge is 2.38. The standard InChI is InChI=1S/C14H21NO/c1-2-8-14(9-4-3-5-10-14)13(15)12-7-6-11-16-12/h2,6-7,11,13H,1,3-5,8-10,15H2. The maximum Gasteiger partial charge on any atom is 0.121 e. The zero-order valence-corrected chi connectivity index (χ0v) is 9.82. The van der Waals surface area contributed by atoms with Gasteiger partial charge in [0.1, 0.15) is 5.76 Å². The largest absolute Gasteiger partial charge is 0.468 e. The van der Waals surface area contributed by atoms with Gasteiger partial charge in [0.2, 0.25) is 0 Å². The van der Waals surface area contributed by atoms with E-state index in [4.69, 9.17) is 10.2 Å². The van der Waals surface area contributed by atoms with Crippen LogP contribution in [0.25, 0.3) is 0 Å². The number of nitrogens with two attached hydrogens (primary N) is 1. The first-order valence-corrected chi connectivity index (χ1v) is 6.18. The summed E-state index contributed by atoms with van der Waals surface area (Å²) in [5.74, 6) is 0.920. The van der Waals surface area contributed by atoms with Crippen LogP contribution in [0.4, 0.5) is 0 Å². The SMILES string of the molecule is C=CCC1(C(N)c2ccco2)CCCCC1. The third-order valence-electron chi connectivity index (χ3n) is 3.91. The first kappa shape index (κ1) is 11.5. The van der Waals surface area contributed by atoms with Crippen LogP contribution in [0.15, 0.2) is 35.5 Å². The van der Waals surface area contributed by atoms with Crippen LogP contribution in [0, 0.1) is 5.41 Å². The molecule has 1 atom stereocenters. The van der Waals surface area contributed by atoms with Crippen molar-refractivity contribution < 1.29 is 4.42 Å². The van der Waals surface area contributed by atoms with Crippen molar-refractivity contribution >= 4 is 0 Å². The van der Waals surface area contributed by atoms with Gasteiger partial charge in [-0.3, -0.25) is 0 Å². The Hall–Kier alpha value is -1.02. The van der Waals surface area contributed by atoms with Gasteiger partial charge in [0, 0.05) is 0 Å². The highest BCUT2D eigenvalue weighted by Crippen LogP contribution is 2.47. The van der Waals surface area contributed by atoms with Gasteiger partial charge in [-0.2, -0.15) is 0 Å². The molecule has 16 heavy (non-hydrogen) atoms. The van der Waals surface area contributed by atoms with Crippen molar-refractivity contribution in [1.29, 1.82) is 0 Å². The van der Waals surface area contributed by atoms with Crippen molar-refractivity contribution in [2.75, 3.05) is 0 Å². The lowest BCUT2D eigenvalue weighted by Crippen LogP contribution is -2.36. The van der Waals surface area contributed by atoms with Crippen LogP contribution in [0.1, 0.15) is 50.3 Å². The van der Waals surface area contributed by atoms with Crippen molar-refractivity contribution in [2.24, 2.45) is 11.1 Å². The first-order chi connectivity index (χ1) is 7.78. The van der Waals surface area contributed by atoms with E-state index in [9.17, 15) is 0 Å². The molecule has 0 amide bonds. The van der Waals surface area contributed by atoms with Gasteiger partial charge >= 0.3 is 0 Å². The van der Waals surface area contributed by atoms with Crippen molar-refractivity contribution in [3.8, 4) is 0 Å². The summed E-state index contributed by atoms with van der Waals surface area (Å²) in [5.41, 5.74) is 6.57. The molecule has 2 rings (SSSR count). The molecule has 1 aromatic heterocycles. The Labute approximate surface area is 97.5 Å². The molecule has 1 aromatic rings. The third kappa shape index (κ3) is 2.07. The van der Waals surface area contributed by atoms with Crippen LogP contribution in [0.3, 0.4) is 0 Å². The normalized spacial score (nSPS) is 21.6. The molecule has 1 fully saturated rings. The fourth-order valence-corrected chi connectivity index (χ4v) is 2.96. The lowest BCUT2D eigenvalue weighted by molar-refractivity contribution is 0.134. The van der Waals surface area contributed by atoms with Gasteiger partial charge in [0.15, 0.2) is 0 Å². The molecule has 0 radical (unpaired) electrons. The highest BCUT2D eigenvalue weighted by molar-refractivity contribution is 5.10. The van der Waals surface area contributed by atoms with E-state index >= 15 is 0 Å². The summed E-state index contributed by atoms with van der Waals surface area (Å²) in [7, 11) is 0. The van der Waals surface area contributed by atoms with Crippen LogP contribution in [0.5, 0.6) is 0 Å². The molecule has 1 unspecified atom stereocenters. The molecule has 0 aliphatic heterocycles. The van der Waals surface area contributed by atoms with Gasteiger partial charge in [0.25, 0.3) is 0 Å². The maximum absolute atomic E-state index is 6.39. The van der Waals surface area contributed by atoms with Crippen LogP contribution in [0.2, 0.25) is 0 Å². The Bertz CT molecular complexity index is 323. The number of rotatable bonds is 4. The summed E-state index contributed by atoms with van der Waals surface area (Å²) in [5, 5.41) is 0. The van der Waals surface area contributed by atoms with E-state index in [0.29, 0.717) is 0 Å². The fraction of sp³-hybridized carbons (Fsp3) is 0.571. The molecule has 0 bridgehead atoms. The monoisotopic (exact) mass is 219 g/mol. The number of hydrogen-bond donors (Lipinski definition) is 1. The second-order valence-corrected chi connectivity index (χ2v) is 4.91. The lowest BCUT2D eigenvalue weighted by atomic mass is 9.66. The molecule has 2 nitrogen and oxygen atoms in total. The van der Waals surface area contributed by atoms with E-state index in [-0.39, 0.29) is 11.5 Å². The molecular weight excluding hydrogens is 198 g/mol. The van der Waals surface area contributed by atoms with Gasteiger partial charge in [0.05, 0.1) is 12.3 Å². The molecular formula is C14H21NO. The Morgan fingerprint density at radius 2 is 2.19 bits per heavy atom. The minimum Gasteiger partial charge on any atom is -0.468 e. The number of hydrogen-bond acceptors (Lipinski definition) is 2. The lowest BCUT2D eigenvalue weighted by Gasteiger charge is -2.40. The molecule has 1 saturated carbocycles. The summed E-state index contributed by atoms with van der Waals surface area (Å²) < 4.78 is 5.46. The highest BCUT2D eigenvalue weighted by atomic mass is 16.3. The van der Waals surface area contributed by atoms with Crippen LogP contribution < -0.4 is 5.73 Å². The van der Waals surface area contributed by atoms with E-state index < -0.39 is 0 Å². The van der Waals surface area contributed by atoms with Crippen molar-refractivity contribution in [2.45, 2.75) is 44.6 Å². The van der Waals surface area contributed by atoms with E-state index in [1.165, 1.54) is 32.1 Å². The Morgan fingerprint density at radius 3 is 2.75 bits per heavy atom. The van der Waals surface area contributed by atoms with Gasteiger partial charge in [-0.05, 0) is 36.8 Å². The molecule has 1 heterocycles. The molecule has 0 aromatic carbocycles. The van der Waals surface area contributed by atoms with E-state index in [2.05, 4.69) is 6.58 Å². The number of furan rings is 1. The van der Waals surface area contributed by atoms with Crippen molar-refractivity contribution in [1.82, 2.24) is 0 Å². The van der Waals surface area contributed by atoms with Crippen LogP contribution in [-0.4, -0.2) is 0 Å². The van der Waals surface area contributed by atoms with Crippen LogP contribution in [-0.2, 0) is 0 Å². The maximum atomic E-state index is 6.39. The molecule has 2 heteroatoms. The first-order valence-electron chi connectivity index (χ1n) is 6.18. The average Bonchev–Trinajstić information content (AvgIpc) is 2.83. The number of allylic oxidation sites excluding steroid dienone is 1. The van der Waals surface area contributed by atoms with E-state index in [1.807, 2.05) is 18.2 Å². The van der Waals surface area contributed by atoms with Gasteiger partial charge in [-0.25, -0.2) is 0 Å².